The SMILES string of the molecule is CCC(OC(=O)O)C(Cl)Cl. The lowest BCUT2D eigenvalue weighted by Crippen LogP contribution is -2.22. The van der Waals surface area contributed by atoms with Crippen LogP contribution >= 0.6 is 23.2 Å². The molecule has 0 saturated heterocycles. The number of carboxylic acid groups (broad SMARTS) is 1. The van der Waals surface area contributed by atoms with Crippen LogP contribution in [0.25, 0.3) is 0 Å². The molecule has 1 N–H and O–H groups in total. The molecule has 0 radical (unpaired) electrons. The molecule has 0 aliphatic carbocycles. The number of ether oxygens (including phenoxy) is 1. The predicted octanol–water partition coefficient (Wildman–Crippen LogP) is 2.26. The summed E-state index contributed by atoms with van der Waals surface area (Å²) in [5, 5.41) is 8.12. The van der Waals surface area contributed by atoms with Gasteiger partial charge in [0.25, 0.3) is 0 Å². The van der Waals surface area contributed by atoms with Crippen LogP contribution in [-0.2, 0) is 4.74 Å². The summed E-state index contributed by atoms with van der Waals surface area (Å²) in [7, 11) is 0. The van der Waals surface area contributed by atoms with E-state index in [1.54, 1.807) is 6.92 Å². The lowest BCUT2D eigenvalue weighted by atomic mass is 10.3. The topological polar surface area (TPSA) is 46.5 Å². The fraction of sp³-hybridized carbons (Fsp3) is 0.800. The van der Waals surface area contributed by atoms with Crippen molar-refractivity contribution in [3.63, 3.8) is 0 Å². The molecule has 1 unspecified atom stereocenters. The Morgan fingerprint density at radius 3 is 2.30 bits per heavy atom. The van der Waals surface area contributed by atoms with E-state index >= 15 is 0 Å². The molecule has 0 bridgehead atoms. The van der Waals surface area contributed by atoms with E-state index in [2.05, 4.69) is 4.74 Å². The summed E-state index contributed by atoms with van der Waals surface area (Å²) in [4.78, 5) is 9.14. The second-order valence-corrected chi connectivity index (χ2v) is 2.83. The van der Waals surface area contributed by atoms with E-state index in [0.717, 1.165) is 0 Å². The van der Waals surface area contributed by atoms with Gasteiger partial charge in [-0.2, -0.15) is 0 Å². The van der Waals surface area contributed by atoms with Crippen molar-refractivity contribution in [2.24, 2.45) is 0 Å². The molecular formula is C5H8Cl2O3. The van der Waals surface area contributed by atoms with Gasteiger partial charge in [0.05, 0.1) is 0 Å². The summed E-state index contributed by atoms with van der Waals surface area (Å²) in [6, 6.07) is 0. The molecule has 0 fully saturated rings. The van der Waals surface area contributed by atoms with Crippen molar-refractivity contribution in [3.05, 3.63) is 0 Å². The summed E-state index contributed by atoms with van der Waals surface area (Å²) in [5.74, 6) is 0. The minimum absolute atomic E-state index is 0.476. The van der Waals surface area contributed by atoms with Crippen molar-refractivity contribution in [2.75, 3.05) is 0 Å². The van der Waals surface area contributed by atoms with Crippen LogP contribution in [0, 0.1) is 0 Å². The van der Waals surface area contributed by atoms with E-state index in [9.17, 15) is 4.79 Å². The normalized spacial score (nSPS) is 13.2. The molecular weight excluding hydrogens is 179 g/mol. The Bertz CT molecular complexity index is 115. The minimum atomic E-state index is -1.35. The maximum absolute atomic E-state index is 9.93. The zero-order valence-corrected chi connectivity index (χ0v) is 6.89. The van der Waals surface area contributed by atoms with Gasteiger partial charge in [-0.3, -0.25) is 0 Å². The number of hydrogen-bond donors (Lipinski definition) is 1. The lowest BCUT2D eigenvalue weighted by Gasteiger charge is -2.13. The second kappa shape index (κ2) is 4.63. The van der Waals surface area contributed by atoms with Gasteiger partial charge in [0.2, 0.25) is 0 Å². The van der Waals surface area contributed by atoms with Crippen LogP contribution in [0.1, 0.15) is 13.3 Å². The summed E-state index contributed by atoms with van der Waals surface area (Å²) < 4.78 is 4.31. The van der Waals surface area contributed by atoms with Gasteiger partial charge in [0, 0.05) is 0 Å². The highest BCUT2D eigenvalue weighted by Crippen LogP contribution is 2.14. The highest BCUT2D eigenvalue weighted by molar-refractivity contribution is 6.44. The Hall–Kier alpha value is -0.150. The number of alkyl halides is 2. The first-order valence-electron chi connectivity index (χ1n) is 2.75. The van der Waals surface area contributed by atoms with Crippen LogP contribution in [0.5, 0.6) is 0 Å². The smallest absolute Gasteiger partial charge is 0.450 e. The maximum Gasteiger partial charge on any atom is 0.506 e. The van der Waals surface area contributed by atoms with Gasteiger partial charge in [-0.15, -0.1) is 23.2 Å². The Kier molecular flexibility index (Phi) is 4.56. The van der Waals surface area contributed by atoms with Gasteiger partial charge in [-0.05, 0) is 6.42 Å². The highest BCUT2D eigenvalue weighted by Gasteiger charge is 2.18. The largest absolute Gasteiger partial charge is 0.506 e. The van der Waals surface area contributed by atoms with E-state index in [-0.39, 0.29) is 0 Å². The average molecular weight is 187 g/mol. The van der Waals surface area contributed by atoms with E-state index in [1.165, 1.54) is 0 Å². The summed E-state index contributed by atoms with van der Waals surface area (Å²) in [5.41, 5.74) is 0. The van der Waals surface area contributed by atoms with Crippen molar-refractivity contribution >= 4 is 29.4 Å². The molecule has 1 atom stereocenters. The van der Waals surface area contributed by atoms with E-state index in [1.807, 2.05) is 0 Å². The van der Waals surface area contributed by atoms with Crippen LogP contribution in [-0.4, -0.2) is 22.2 Å². The molecule has 0 spiro atoms. The summed E-state index contributed by atoms with van der Waals surface area (Å²) >= 11 is 10.7. The van der Waals surface area contributed by atoms with Crippen LogP contribution in [0.15, 0.2) is 0 Å². The fourth-order valence-electron chi connectivity index (χ4n) is 0.442. The van der Waals surface area contributed by atoms with Crippen molar-refractivity contribution in [1.82, 2.24) is 0 Å². The second-order valence-electron chi connectivity index (χ2n) is 1.66. The number of rotatable bonds is 3. The van der Waals surface area contributed by atoms with Gasteiger partial charge >= 0.3 is 6.16 Å². The van der Waals surface area contributed by atoms with Gasteiger partial charge < -0.3 is 9.84 Å². The Balaban J connectivity index is 3.71. The van der Waals surface area contributed by atoms with Gasteiger partial charge in [0.15, 0.2) is 0 Å². The third-order valence-electron chi connectivity index (χ3n) is 0.936. The van der Waals surface area contributed by atoms with Crippen LogP contribution in [0.4, 0.5) is 4.79 Å². The minimum Gasteiger partial charge on any atom is -0.450 e. The van der Waals surface area contributed by atoms with Crippen molar-refractivity contribution < 1.29 is 14.6 Å². The van der Waals surface area contributed by atoms with Crippen LogP contribution in [0.2, 0.25) is 0 Å². The van der Waals surface area contributed by atoms with Gasteiger partial charge in [0.1, 0.15) is 10.9 Å². The first-order valence-corrected chi connectivity index (χ1v) is 3.63. The van der Waals surface area contributed by atoms with Crippen LogP contribution in [0.3, 0.4) is 0 Å². The van der Waals surface area contributed by atoms with Crippen molar-refractivity contribution in [2.45, 2.75) is 24.3 Å². The van der Waals surface area contributed by atoms with Crippen molar-refractivity contribution in [3.8, 4) is 0 Å². The van der Waals surface area contributed by atoms with E-state index in [0.29, 0.717) is 6.42 Å². The molecule has 0 aromatic carbocycles. The Morgan fingerprint density at radius 2 is 2.20 bits per heavy atom. The van der Waals surface area contributed by atoms with Gasteiger partial charge in [-0.1, -0.05) is 6.92 Å². The first-order chi connectivity index (χ1) is 4.57. The maximum atomic E-state index is 9.93. The van der Waals surface area contributed by atoms with Crippen LogP contribution < -0.4 is 0 Å². The molecule has 0 aromatic heterocycles. The molecule has 0 aromatic rings. The monoisotopic (exact) mass is 186 g/mol. The van der Waals surface area contributed by atoms with Gasteiger partial charge in [-0.25, -0.2) is 4.79 Å². The number of carbonyl (C=O) groups is 1. The molecule has 0 saturated carbocycles. The first kappa shape index (κ1) is 9.85. The molecule has 0 rings (SSSR count). The molecule has 0 amide bonds. The fourth-order valence-corrected chi connectivity index (χ4v) is 0.902. The van der Waals surface area contributed by atoms with Crippen molar-refractivity contribution in [1.29, 1.82) is 0 Å². The number of halogens is 2. The summed E-state index contributed by atoms with van der Waals surface area (Å²) in [6.07, 6.45) is -1.50. The highest BCUT2D eigenvalue weighted by atomic mass is 35.5. The molecule has 3 nitrogen and oxygen atoms in total. The zero-order valence-electron chi connectivity index (χ0n) is 5.38. The Morgan fingerprint density at radius 1 is 1.70 bits per heavy atom. The third kappa shape index (κ3) is 3.80. The molecule has 0 aliphatic heterocycles. The van der Waals surface area contributed by atoms with E-state index in [4.69, 9.17) is 28.3 Å². The molecule has 5 heteroatoms. The molecule has 0 heterocycles. The third-order valence-corrected chi connectivity index (χ3v) is 1.50. The number of hydrogen-bond acceptors (Lipinski definition) is 2. The molecule has 60 valence electrons. The molecule has 10 heavy (non-hydrogen) atoms. The summed E-state index contributed by atoms with van der Waals surface area (Å²) in [6.45, 7) is 1.74. The van der Waals surface area contributed by atoms with E-state index < -0.39 is 17.1 Å². The zero-order chi connectivity index (χ0) is 8.15. The predicted molar refractivity (Wildman–Crippen MR) is 38.7 cm³/mol. The Labute approximate surface area is 68.9 Å². The molecule has 0 aliphatic rings. The average Bonchev–Trinajstić information content (AvgIpc) is 1.81. The quantitative estimate of drug-likeness (QED) is 0.544. The lowest BCUT2D eigenvalue weighted by molar-refractivity contribution is 0.0554. The standard InChI is InChI=1S/C5H8Cl2O3/c1-2-3(4(6)7)10-5(8)9/h3-4H,2H2,1H3,(H,8,9).